The number of halogens is 1. The molecular formula is C14H14FN3O2. The molecule has 0 unspecified atom stereocenters. The zero-order valence-corrected chi connectivity index (χ0v) is 10.9. The van der Waals surface area contributed by atoms with Gasteiger partial charge in [-0.05, 0) is 36.2 Å². The number of hydrogen-bond donors (Lipinski definition) is 1. The summed E-state index contributed by atoms with van der Waals surface area (Å²) in [6, 6.07) is 7.79. The Hall–Kier alpha value is -2.34. The van der Waals surface area contributed by atoms with Gasteiger partial charge in [0.1, 0.15) is 0 Å². The summed E-state index contributed by atoms with van der Waals surface area (Å²) in [6.45, 7) is 2.41. The van der Waals surface area contributed by atoms with Crippen LogP contribution < -0.4 is 5.32 Å². The van der Waals surface area contributed by atoms with Crippen LogP contribution in [0.3, 0.4) is 0 Å². The molecule has 0 amide bonds. The van der Waals surface area contributed by atoms with Gasteiger partial charge in [0.15, 0.2) is 0 Å². The van der Waals surface area contributed by atoms with Crippen molar-refractivity contribution < 1.29 is 9.31 Å². The predicted octanol–water partition coefficient (Wildman–Crippen LogP) is 2.98. The van der Waals surface area contributed by atoms with Gasteiger partial charge in [-0.25, -0.2) is 0 Å². The van der Waals surface area contributed by atoms with Crippen molar-refractivity contribution in [1.29, 1.82) is 0 Å². The SMILES string of the molecule is C[C@@H](NCc1ccc([N+](=O)[O-])c(F)c1)c1ccncc1. The molecule has 0 saturated carbocycles. The normalized spacial score (nSPS) is 12.1. The molecule has 0 saturated heterocycles. The van der Waals surface area contributed by atoms with Crippen LogP contribution in [0.2, 0.25) is 0 Å². The van der Waals surface area contributed by atoms with E-state index in [-0.39, 0.29) is 6.04 Å². The number of nitro groups is 1. The van der Waals surface area contributed by atoms with Gasteiger partial charge in [-0.3, -0.25) is 15.1 Å². The summed E-state index contributed by atoms with van der Waals surface area (Å²) in [4.78, 5) is 13.7. The molecule has 1 aromatic heterocycles. The molecule has 2 aromatic rings. The first-order chi connectivity index (χ1) is 9.58. The molecule has 1 atom stereocenters. The summed E-state index contributed by atoms with van der Waals surface area (Å²) in [5.41, 5.74) is 1.23. The largest absolute Gasteiger partial charge is 0.306 e. The third-order valence-corrected chi connectivity index (χ3v) is 3.03. The quantitative estimate of drug-likeness (QED) is 0.672. The van der Waals surface area contributed by atoms with Crippen LogP contribution >= 0.6 is 0 Å². The van der Waals surface area contributed by atoms with Gasteiger partial charge in [0.2, 0.25) is 5.82 Å². The lowest BCUT2D eigenvalue weighted by atomic mass is 10.1. The molecule has 6 heteroatoms. The molecule has 0 aliphatic carbocycles. The Morgan fingerprint density at radius 3 is 2.65 bits per heavy atom. The Kier molecular flexibility index (Phi) is 4.37. The van der Waals surface area contributed by atoms with Crippen LogP contribution in [0.25, 0.3) is 0 Å². The topological polar surface area (TPSA) is 68.1 Å². The van der Waals surface area contributed by atoms with E-state index in [4.69, 9.17) is 0 Å². The minimum Gasteiger partial charge on any atom is -0.306 e. The highest BCUT2D eigenvalue weighted by Crippen LogP contribution is 2.18. The molecule has 0 aliphatic rings. The number of hydrogen-bond acceptors (Lipinski definition) is 4. The Bertz CT molecular complexity index is 605. The highest BCUT2D eigenvalue weighted by Gasteiger charge is 2.14. The maximum Gasteiger partial charge on any atom is 0.304 e. The highest BCUT2D eigenvalue weighted by atomic mass is 19.1. The maximum absolute atomic E-state index is 13.5. The highest BCUT2D eigenvalue weighted by molar-refractivity contribution is 5.35. The van der Waals surface area contributed by atoms with Crippen LogP contribution in [-0.2, 0) is 6.54 Å². The smallest absolute Gasteiger partial charge is 0.304 e. The van der Waals surface area contributed by atoms with E-state index in [1.807, 2.05) is 19.1 Å². The second-order valence-electron chi connectivity index (χ2n) is 4.43. The molecule has 1 heterocycles. The van der Waals surface area contributed by atoms with Crippen LogP contribution in [0, 0.1) is 15.9 Å². The third kappa shape index (κ3) is 3.36. The third-order valence-electron chi connectivity index (χ3n) is 3.03. The molecule has 1 aromatic carbocycles. The van der Waals surface area contributed by atoms with Gasteiger partial charge in [0.25, 0.3) is 0 Å². The van der Waals surface area contributed by atoms with Gasteiger partial charge in [-0.1, -0.05) is 6.07 Å². The summed E-state index contributed by atoms with van der Waals surface area (Å²) in [5, 5.41) is 13.8. The lowest BCUT2D eigenvalue weighted by Crippen LogP contribution is -2.18. The Morgan fingerprint density at radius 2 is 2.05 bits per heavy atom. The van der Waals surface area contributed by atoms with Gasteiger partial charge < -0.3 is 5.32 Å². The van der Waals surface area contributed by atoms with Crippen molar-refractivity contribution in [3.8, 4) is 0 Å². The molecule has 20 heavy (non-hydrogen) atoms. The summed E-state index contributed by atoms with van der Waals surface area (Å²) in [5.74, 6) is -0.814. The van der Waals surface area contributed by atoms with Gasteiger partial charge in [-0.2, -0.15) is 4.39 Å². The lowest BCUT2D eigenvalue weighted by Gasteiger charge is -2.14. The van der Waals surface area contributed by atoms with Crippen molar-refractivity contribution in [2.24, 2.45) is 0 Å². The molecule has 0 spiro atoms. The fourth-order valence-corrected chi connectivity index (χ4v) is 1.85. The summed E-state index contributed by atoms with van der Waals surface area (Å²) in [7, 11) is 0. The number of pyridine rings is 1. The summed E-state index contributed by atoms with van der Waals surface area (Å²) >= 11 is 0. The average molecular weight is 275 g/mol. The van der Waals surface area contributed by atoms with Crippen LogP contribution in [-0.4, -0.2) is 9.91 Å². The van der Waals surface area contributed by atoms with E-state index < -0.39 is 16.4 Å². The van der Waals surface area contributed by atoms with E-state index in [9.17, 15) is 14.5 Å². The average Bonchev–Trinajstić information content (AvgIpc) is 2.45. The molecular weight excluding hydrogens is 261 g/mol. The molecule has 1 N–H and O–H groups in total. The minimum absolute atomic E-state index is 0.0799. The Morgan fingerprint density at radius 1 is 1.35 bits per heavy atom. The van der Waals surface area contributed by atoms with Crippen molar-refractivity contribution in [2.75, 3.05) is 0 Å². The van der Waals surface area contributed by atoms with E-state index in [1.165, 1.54) is 12.1 Å². The fraction of sp³-hybridized carbons (Fsp3) is 0.214. The van der Waals surface area contributed by atoms with E-state index in [0.717, 1.165) is 5.56 Å². The second kappa shape index (κ2) is 6.21. The van der Waals surface area contributed by atoms with Crippen molar-refractivity contribution in [3.63, 3.8) is 0 Å². The van der Waals surface area contributed by atoms with Crippen LogP contribution in [0.5, 0.6) is 0 Å². The molecule has 0 aliphatic heterocycles. The Labute approximate surface area is 115 Å². The Balaban J connectivity index is 2.01. The number of nitrogens with zero attached hydrogens (tertiary/aromatic N) is 2. The zero-order valence-electron chi connectivity index (χ0n) is 10.9. The first-order valence-electron chi connectivity index (χ1n) is 6.14. The number of aromatic nitrogens is 1. The predicted molar refractivity (Wildman–Crippen MR) is 72.5 cm³/mol. The number of rotatable bonds is 5. The van der Waals surface area contributed by atoms with E-state index in [2.05, 4.69) is 10.3 Å². The van der Waals surface area contributed by atoms with Crippen LogP contribution in [0.4, 0.5) is 10.1 Å². The van der Waals surface area contributed by atoms with Gasteiger partial charge in [0.05, 0.1) is 4.92 Å². The number of nitro benzene ring substituents is 1. The van der Waals surface area contributed by atoms with E-state index >= 15 is 0 Å². The number of nitrogens with one attached hydrogen (secondary N) is 1. The van der Waals surface area contributed by atoms with Crippen molar-refractivity contribution in [2.45, 2.75) is 19.5 Å². The second-order valence-corrected chi connectivity index (χ2v) is 4.43. The first kappa shape index (κ1) is 14.1. The first-order valence-corrected chi connectivity index (χ1v) is 6.14. The number of benzene rings is 1. The summed E-state index contributed by atoms with van der Waals surface area (Å²) in [6.07, 6.45) is 3.41. The monoisotopic (exact) mass is 275 g/mol. The van der Waals surface area contributed by atoms with E-state index in [1.54, 1.807) is 18.5 Å². The van der Waals surface area contributed by atoms with Gasteiger partial charge in [-0.15, -0.1) is 0 Å². The van der Waals surface area contributed by atoms with Crippen LogP contribution in [0.15, 0.2) is 42.7 Å². The summed E-state index contributed by atoms with van der Waals surface area (Å²) < 4.78 is 13.5. The molecule has 0 bridgehead atoms. The van der Waals surface area contributed by atoms with Gasteiger partial charge in [0, 0.05) is 31.0 Å². The van der Waals surface area contributed by atoms with Gasteiger partial charge >= 0.3 is 5.69 Å². The molecule has 5 nitrogen and oxygen atoms in total. The van der Waals surface area contributed by atoms with Crippen molar-refractivity contribution in [1.82, 2.24) is 10.3 Å². The minimum atomic E-state index is -0.814. The van der Waals surface area contributed by atoms with Crippen molar-refractivity contribution >= 4 is 5.69 Å². The maximum atomic E-state index is 13.5. The lowest BCUT2D eigenvalue weighted by molar-refractivity contribution is -0.387. The fourth-order valence-electron chi connectivity index (χ4n) is 1.85. The van der Waals surface area contributed by atoms with E-state index in [0.29, 0.717) is 12.1 Å². The zero-order chi connectivity index (χ0) is 14.5. The standard InChI is InChI=1S/C14H14FN3O2/c1-10(12-4-6-16-7-5-12)17-9-11-2-3-14(18(19)20)13(15)8-11/h2-8,10,17H,9H2,1H3/t10-/m1/s1. The molecule has 2 rings (SSSR count). The molecule has 0 fully saturated rings. The molecule has 0 radical (unpaired) electrons. The van der Waals surface area contributed by atoms with Crippen molar-refractivity contribution in [3.05, 3.63) is 69.8 Å². The molecule has 104 valence electrons. The van der Waals surface area contributed by atoms with Crippen LogP contribution in [0.1, 0.15) is 24.1 Å².